The summed E-state index contributed by atoms with van der Waals surface area (Å²) in [6, 6.07) is 4.07. The van der Waals surface area contributed by atoms with Crippen LogP contribution in [0.15, 0.2) is 12.1 Å². The van der Waals surface area contributed by atoms with Crippen molar-refractivity contribution < 1.29 is 4.74 Å². The highest BCUT2D eigenvalue weighted by atomic mass is 35.5. The molecular formula is C10H12ClNO. The topological polar surface area (TPSA) is 35.2 Å². The zero-order chi connectivity index (χ0) is 9.42. The summed E-state index contributed by atoms with van der Waals surface area (Å²) in [5.41, 5.74) is 8.35. The molecule has 1 unspecified atom stereocenters. The molecule has 0 amide bonds. The average Bonchev–Trinajstić information content (AvgIpc) is 2.47. The van der Waals surface area contributed by atoms with Crippen molar-refractivity contribution in [3.63, 3.8) is 0 Å². The largest absolute Gasteiger partial charge is 0.495 e. The smallest absolute Gasteiger partial charge is 0.137 e. The second-order valence-corrected chi connectivity index (χ2v) is 3.74. The Balaban J connectivity index is 2.50. The highest BCUT2D eigenvalue weighted by molar-refractivity contribution is 6.32. The van der Waals surface area contributed by atoms with E-state index in [4.69, 9.17) is 22.1 Å². The van der Waals surface area contributed by atoms with Crippen LogP contribution < -0.4 is 10.5 Å². The van der Waals surface area contributed by atoms with Gasteiger partial charge in [0.25, 0.3) is 0 Å². The minimum Gasteiger partial charge on any atom is -0.495 e. The molecule has 0 aromatic heterocycles. The van der Waals surface area contributed by atoms with Crippen molar-refractivity contribution in [2.75, 3.05) is 7.11 Å². The number of aryl methyl sites for hydroxylation is 1. The molecule has 1 aliphatic carbocycles. The van der Waals surface area contributed by atoms with Crippen LogP contribution in [0.4, 0.5) is 0 Å². The normalized spacial score (nSPS) is 20.1. The maximum absolute atomic E-state index is 5.99. The Kier molecular flexibility index (Phi) is 2.18. The molecule has 1 aromatic carbocycles. The number of halogens is 1. The van der Waals surface area contributed by atoms with Crippen LogP contribution in [0.1, 0.15) is 23.6 Å². The minimum atomic E-state index is 0.151. The summed E-state index contributed by atoms with van der Waals surface area (Å²) in [5, 5.41) is 0.651. The lowest BCUT2D eigenvalue weighted by molar-refractivity contribution is 0.414. The Morgan fingerprint density at radius 3 is 3.00 bits per heavy atom. The first kappa shape index (κ1) is 8.85. The Hall–Kier alpha value is -0.730. The molecule has 2 N–H and O–H groups in total. The molecule has 1 aliphatic rings. The third-order valence-corrected chi connectivity index (χ3v) is 2.83. The summed E-state index contributed by atoms with van der Waals surface area (Å²) >= 11 is 5.99. The summed E-state index contributed by atoms with van der Waals surface area (Å²) in [4.78, 5) is 0. The van der Waals surface area contributed by atoms with Gasteiger partial charge in [-0.25, -0.2) is 0 Å². The van der Waals surface area contributed by atoms with Gasteiger partial charge in [0.2, 0.25) is 0 Å². The van der Waals surface area contributed by atoms with Gasteiger partial charge in [-0.3, -0.25) is 0 Å². The summed E-state index contributed by atoms with van der Waals surface area (Å²) in [7, 11) is 1.63. The van der Waals surface area contributed by atoms with Gasteiger partial charge in [0.05, 0.1) is 12.1 Å². The van der Waals surface area contributed by atoms with E-state index in [0.29, 0.717) is 5.02 Å². The van der Waals surface area contributed by atoms with Gasteiger partial charge >= 0.3 is 0 Å². The number of ether oxygens (including phenoxy) is 1. The van der Waals surface area contributed by atoms with Gasteiger partial charge in [0.1, 0.15) is 5.75 Å². The number of hydrogen-bond donors (Lipinski definition) is 1. The first-order chi connectivity index (χ1) is 6.22. The van der Waals surface area contributed by atoms with E-state index >= 15 is 0 Å². The van der Waals surface area contributed by atoms with E-state index in [1.165, 1.54) is 11.1 Å². The summed E-state index contributed by atoms with van der Waals surface area (Å²) in [6.45, 7) is 0. The Morgan fingerprint density at radius 1 is 1.54 bits per heavy atom. The van der Waals surface area contributed by atoms with Crippen molar-refractivity contribution in [2.24, 2.45) is 5.73 Å². The molecule has 0 heterocycles. The van der Waals surface area contributed by atoms with Crippen LogP contribution in [0.3, 0.4) is 0 Å². The van der Waals surface area contributed by atoms with Crippen molar-refractivity contribution in [2.45, 2.75) is 18.9 Å². The van der Waals surface area contributed by atoms with Crippen LogP contribution in [-0.4, -0.2) is 7.11 Å². The van der Waals surface area contributed by atoms with Gasteiger partial charge in [0, 0.05) is 6.04 Å². The maximum Gasteiger partial charge on any atom is 0.137 e. The monoisotopic (exact) mass is 197 g/mol. The Morgan fingerprint density at radius 2 is 2.31 bits per heavy atom. The van der Waals surface area contributed by atoms with Crippen molar-refractivity contribution in [1.82, 2.24) is 0 Å². The highest BCUT2D eigenvalue weighted by Crippen LogP contribution is 2.36. The lowest BCUT2D eigenvalue weighted by Gasteiger charge is -2.08. The molecule has 70 valence electrons. The minimum absolute atomic E-state index is 0.151. The Bertz CT molecular complexity index is 338. The second kappa shape index (κ2) is 3.20. The Labute approximate surface area is 82.6 Å². The number of rotatable bonds is 1. The summed E-state index contributed by atoms with van der Waals surface area (Å²) in [6.07, 6.45) is 2.04. The number of benzene rings is 1. The van der Waals surface area contributed by atoms with Crippen molar-refractivity contribution in [3.05, 3.63) is 28.3 Å². The number of fused-ring (bicyclic) bond motifs is 1. The van der Waals surface area contributed by atoms with Crippen molar-refractivity contribution in [1.29, 1.82) is 0 Å². The molecule has 2 nitrogen and oxygen atoms in total. The second-order valence-electron chi connectivity index (χ2n) is 3.33. The van der Waals surface area contributed by atoms with Crippen LogP contribution in [0, 0.1) is 0 Å². The third kappa shape index (κ3) is 1.40. The molecule has 0 radical (unpaired) electrons. The van der Waals surface area contributed by atoms with Gasteiger partial charge < -0.3 is 10.5 Å². The summed E-state index contributed by atoms with van der Waals surface area (Å²) < 4.78 is 5.13. The molecule has 3 heteroatoms. The quantitative estimate of drug-likeness (QED) is 0.750. The van der Waals surface area contributed by atoms with Crippen LogP contribution >= 0.6 is 11.6 Å². The van der Waals surface area contributed by atoms with Crippen LogP contribution in [-0.2, 0) is 6.42 Å². The van der Waals surface area contributed by atoms with Gasteiger partial charge in [-0.15, -0.1) is 0 Å². The average molecular weight is 198 g/mol. The van der Waals surface area contributed by atoms with E-state index in [9.17, 15) is 0 Å². The molecule has 0 saturated carbocycles. The lowest BCUT2D eigenvalue weighted by Crippen LogP contribution is -2.05. The fourth-order valence-corrected chi connectivity index (χ4v) is 2.04. The lowest BCUT2D eigenvalue weighted by atomic mass is 10.1. The number of methoxy groups -OCH3 is 1. The number of hydrogen-bond acceptors (Lipinski definition) is 2. The van der Waals surface area contributed by atoms with E-state index in [2.05, 4.69) is 0 Å². The number of nitrogens with two attached hydrogens (primary N) is 1. The molecule has 0 aliphatic heterocycles. The van der Waals surface area contributed by atoms with Gasteiger partial charge in [-0.2, -0.15) is 0 Å². The van der Waals surface area contributed by atoms with Gasteiger partial charge in [-0.1, -0.05) is 11.6 Å². The molecule has 0 bridgehead atoms. The third-order valence-electron chi connectivity index (χ3n) is 2.54. The van der Waals surface area contributed by atoms with Gasteiger partial charge in [0.15, 0.2) is 0 Å². The van der Waals surface area contributed by atoms with Crippen molar-refractivity contribution in [3.8, 4) is 5.75 Å². The van der Waals surface area contributed by atoms with Gasteiger partial charge in [-0.05, 0) is 36.1 Å². The molecule has 0 spiro atoms. The first-order valence-electron chi connectivity index (χ1n) is 4.34. The van der Waals surface area contributed by atoms with E-state index in [1.807, 2.05) is 12.1 Å². The SMILES string of the molecule is COc1cc2c(cc1Cl)C(N)CC2. The molecule has 13 heavy (non-hydrogen) atoms. The van der Waals surface area contributed by atoms with Crippen LogP contribution in [0.5, 0.6) is 5.75 Å². The van der Waals surface area contributed by atoms with E-state index < -0.39 is 0 Å². The standard InChI is InChI=1S/C10H12ClNO/c1-13-10-4-6-2-3-9(12)7(6)5-8(10)11/h4-5,9H,2-3,12H2,1H3. The molecule has 0 saturated heterocycles. The zero-order valence-corrected chi connectivity index (χ0v) is 8.27. The zero-order valence-electron chi connectivity index (χ0n) is 7.51. The predicted molar refractivity (Wildman–Crippen MR) is 53.3 cm³/mol. The van der Waals surface area contributed by atoms with E-state index in [-0.39, 0.29) is 6.04 Å². The van der Waals surface area contributed by atoms with Crippen molar-refractivity contribution >= 4 is 11.6 Å². The summed E-state index contributed by atoms with van der Waals surface area (Å²) in [5.74, 6) is 0.745. The fourth-order valence-electron chi connectivity index (χ4n) is 1.80. The molecular weight excluding hydrogens is 186 g/mol. The molecule has 2 rings (SSSR count). The van der Waals surface area contributed by atoms with Crippen LogP contribution in [0.2, 0.25) is 5.02 Å². The first-order valence-corrected chi connectivity index (χ1v) is 4.72. The predicted octanol–water partition coefficient (Wildman–Crippen LogP) is 2.29. The molecule has 1 atom stereocenters. The van der Waals surface area contributed by atoms with E-state index in [1.54, 1.807) is 7.11 Å². The van der Waals surface area contributed by atoms with Crippen LogP contribution in [0.25, 0.3) is 0 Å². The highest BCUT2D eigenvalue weighted by Gasteiger charge is 2.20. The fraction of sp³-hybridized carbons (Fsp3) is 0.400. The van der Waals surface area contributed by atoms with E-state index in [0.717, 1.165) is 18.6 Å². The molecule has 0 fully saturated rings. The molecule has 1 aromatic rings. The maximum atomic E-state index is 5.99.